The highest BCUT2D eigenvalue weighted by atomic mass is 35.5. The maximum Gasteiger partial charge on any atom is 0.128 e. The Bertz CT molecular complexity index is 500. The number of alkyl halides is 1. The number of rotatable bonds is 2. The fraction of sp³-hybridized carbons (Fsp3) is 0.455. The summed E-state index contributed by atoms with van der Waals surface area (Å²) in [6.45, 7) is 1.97. The van der Waals surface area contributed by atoms with Crippen LogP contribution in [0.25, 0.3) is 11.0 Å². The van der Waals surface area contributed by atoms with Crippen molar-refractivity contribution in [1.29, 1.82) is 0 Å². The van der Waals surface area contributed by atoms with E-state index in [0.29, 0.717) is 6.04 Å². The van der Waals surface area contributed by atoms with E-state index in [1.807, 2.05) is 19.2 Å². The van der Waals surface area contributed by atoms with Crippen molar-refractivity contribution >= 4 is 22.6 Å². The summed E-state index contributed by atoms with van der Waals surface area (Å²) >= 11 is 6.15. The van der Waals surface area contributed by atoms with Crippen molar-refractivity contribution in [3.8, 4) is 0 Å². The molecule has 1 atom stereocenters. The zero-order valence-corrected chi connectivity index (χ0v) is 9.28. The first-order valence-electron chi connectivity index (χ1n) is 5.23. The highest BCUT2D eigenvalue weighted by Gasteiger charge is 2.29. The number of hydrogen-bond donors (Lipinski definition) is 0. The standard InChI is InChI=1S/C11H12ClN3/c1-7(12)11-14-9-6-13-5-4-10(9)15(11)8-2-3-8/h4-8H,2-3H2,1H3/t7-/m1/s1. The minimum Gasteiger partial charge on any atom is -0.324 e. The van der Waals surface area contributed by atoms with Gasteiger partial charge in [0.25, 0.3) is 0 Å². The second kappa shape index (κ2) is 3.20. The Labute approximate surface area is 93.1 Å². The van der Waals surface area contributed by atoms with Crippen molar-refractivity contribution < 1.29 is 0 Å². The van der Waals surface area contributed by atoms with Gasteiger partial charge in [0.05, 0.1) is 17.1 Å². The van der Waals surface area contributed by atoms with E-state index in [0.717, 1.165) is 16.9 Å². The number of imidazole rings is 1. The molecule has 0 amide bonds. The minimum atomic E-state index is -0.0435. The molecule has 0 spiro atoms. The van der Waals surface area contributed by atoms with Gasteiger partial charge in [-0.3, -0.25) is 4.98 Å². The molecule has 4 heteroatoms. The van der Waals surface area contributed by atoms with Gasteiger partial charge in [-0.2, -0.15) is 0 Å². The molecule has 0 unspecified atom stereocenters. The SMILES string of the molecule is C[C@@H](Cl)c1nc2cnccc2n1C1CC1. The smallest absolute Gasteiger partial charge is 0.128 e. The molecule has 0 radical (unpaired) electrons. The quantitative estimate of drug-likeness (QED) is 0.730. The summed E-state index contributed by atoms with van der Waals surface area (Å²) in [5, 5.41) is -0.0435. The Kier molecular flexibility index (Phi) is 1.96. The topological polar surface area (TPSA) is 30.7 Å². The van der Waals surface area contributed by atoms with E-state index < -0.39 is 0 Å². The predicted octanol–water partition coefficient (Wildman–Crippen LogP) is 3.07. The van der Waals surface area contributed by atoms with Crippen LogP contribution in [0.3, 0.4) is 0 Å². The number of pyridine rings is 1. The first-order valence-corrected chi connectivity index (χ1v) is 5.67. The van der Waals surface area contributed by atoms with Crippen molar-refractivity contribution in [1.82, 2.24) is 14.5 Å². The van der Waals surface area contributed by atoms with Crippen LogP contribution in [0.5, 0.6) is 0 Å². The number of fused-ring (bicyclic) bond motifs is 1. The lowest BCUT2D eigenvalue weighted by Gasteiger charge is -2.08. The fourth-order valence-corrected chi connectivity index (χ4v) is 2.12. The monoisotopic (exact) mass is 221 g/mol. The molecule has 0 saturated heterocycles. The van der Waals surface area contributed by atoms with E-state index in [4.69, 9.17) is 11.6 Å². The van der Waals surface area contributed by atoms with Gasteiger partial charge in [0.2, 0.25) is 0 Å². The van der Waals surface area contributed by atoms with Crippen LogP contribution in [0, 0.1) is 0 Å². The summed E-state index contributed by atoms with van der Waals surface area (Å²) in [5.74, 6) is 0.974. The van der Waals surface area contributed by atoms with E-state index in [1.54, 1.807) is 6.20 Å². The molecule has 1 saturated carbocycles. The molecule has 2 aromatic heterocycles. The molecule has 0 aromatic carbocycles. The maximum atomic E-state index is 6.15. The van der Waals surface area contributed by atoms with Gasteiger partial charge < -0.3 is 4.57 Å². The highest BCUT2D eigenvalue weighted by Crippen LogP contribution is 2.40. The van der Waals surface area contributed by atoms with Crippen LogP contribution in [-0.4, -0.2) is 14.5 Å². The fourth-order valence-electron chi connectivity index (χ4n) is 1.97. The van der Waals surface area contributed by atoms with E-state index in [-0.39, 0.29) is 5.38 Å². The van der Waals surface area contributed by atoms with Crippen molar-refractivity contribution in [3.63, 3.8) is 0 Å². The van der Waals surface area contributed by atoms with Crippen LogP contribution < -0.4 is 0 Å². The average Bonchev–Trinajstić information content (AvgIpc) is 2.98. The van der Waals surface area contributed by atoms with Crippen LogP contribution >= 0.6 is 11.6 Å². The molecule has 0 aliphatic heterocycles. The molecule has 3 nitrogen and oxygen atoms in total. The Hall–Kier alpha value is -1.09. The van der Waals surface area contributed by atoms with Crippen molar-refractivity contribution in [2.45, 2.75) is 31.2 Å². The van der Waals surface area contributed by atoms with Crippen molar-refractivity contribution in [2.24, 2.45) is 0 Å². The van der Waals surface area contributed by atoms with Gasteiger partial charge >= 0.3 is 0 Å². The Morgan fingerprint density at radius 2 is 2.33 bits per heavy atom. The third kappa shape index (κ3) is 1.42. The largest absolute Gasteiger partial charge is 0.324 e. The van der Waals surface area contributed by atoms with E-state index in [9.17, 15) is 0 Å². The summed E-state index contributed by atoms with van der Waals surface area (Å²) in [4.78, 5) is 8.63. The summed E-state index contributed by atoms with van der Waals surface area (Å²) in [6.07, 6.45) is 6.09. The average molecular weight is 222 g/mol. The van der Waals surface area contributed by atoms with Gasteiger partial charge in [0, 0.05) is 12.2 Å². The summed E-state index contributed by atoms with van der Waals surface area (Å²) in [7, 11) is 0. The van der Waals surface area contributed by atoms with Gasteiger partial charge in [0.15, 0.2) is 0 Å². The third-order valence-corrected chi connectivity index (χ3v) is 2.98. The molecule has 1 aliphatic rings. The molecule has 78 valence electrons. The van der Waals surface area contributed by atoms with Gasteiger partial charge in [-0.25, -0.2) is 4.98 Å². The van der Waals surface area contributed by atoms with E-state index in [2.05, 4.69) is 14.5 Å². The maximum absolute atomic E-state index is 6.15. The van der Waals surface area contributed by atoms with E-state index >= 15 is 0 Å². The van der Waals surface area contributed by atoms with Crippen molar-refractivity contribution in [3.05, 3.63) is 24.3 Å². The lowest BCUT2D eigenvalue weighted by molar-refractivity contribution is 0.700. The predicted molar refractivity (Wildman–Crippen MR) is 60.1 cm³/mol. The van der Waals surface area contributed by atoms with E-state index in [1.165, 1.54) is 12.8 Å². The summed E-state index contributed by atoms with van der Waals surface area (Å²) < 4.78 is 2.27. The summed E-state index contributed by atoms with van der Waals surface area (Å²) in [5.41, 5.74) is 2.11. The summed E-state index contributed by atoms with van der Waals surface area (Å²) in [6, 6.07) is 2.62. The molecule has 3 rings (SSSR count). The minimum absolute atomic E-state index is 0.0435. The lowest BCUT2D eigenvalue weighted by atomic mass is 10.4. The molecule has 1 aliphatic carbocycles. The van der Waals surface area contributed by atoms with Crippen LogP contribution in [0.4, 0.5) is 0 Å². The Morgan fingerprint density at radius 1 is 1.53 bits per heavy atom. The number of hydrogen-bond acceptors (Lipinski definition) is 2. The van der Waals surface area contributed by atoms with Gasteiger partial charge in [0.1, 0.15) is 11.3 Å². The molecule has 1 fully saturated rings. The Balaban J connectivity index is 2.28. The molecule has 2 heterocycles. The van der Waals surface area contributed by atoms with Crippen molar-refractivity contribution in [2.75, 3.05) is 0 Å². The molecule has 0 bridgehead atoms. The zero-order valence-electron chi connectivity index (χ0n) is 8.52. The molecular weight excluding hydrogens is 210 g/mol. The van der Waals surface area contributed by atoms with Crippen LogP contribution in [0.15, 0.2) is 18.5 Å². The highest BCUT2D eigenvalue weighted by molar-refractivity contribution is 6.20. The van der Waals surface area contributed by atoms with Crippen LogP contribution in [0.2, 0.25) is 0 Å². The van der Waals surface area contributed by atoms with Crippen LogP contribution in [-0.2, 0) is 0 Å². The van der Waals surface area contributed by atoms with Gasteiger partial charge in [-0.05, 0) is 25.8 Å². The molecule has 15 heavy (non-hydrogen) atoms. The van der Waals surface area contributed by atoms with Gasteiger partial charge in [-0.15, -0.1) is 11.6 Å². The molecular formula is C11H12ClN3. The number of halogens is 1. The lowest BCUT2D eigenvalue weighted by Crippen LogP contribution is -2.01. The third-order valence-electron chi connectivity index (χ3n) is 2.79. The second-order valence-corrected chi connectivity index (χ2v) is 4.71. The second-order valence-electron chi connectivity index (χ2n) is 4.05. The molecule has 0 N–H and O–H groups in total. The van der Waals surface area contributed by atoms with Crippen LogP contribution in [0.1, 0.15) is 37.0 Å². The van der Waals surface area contributed by atoms with Gasteiger partial charge in [-0.1, -0.05) is 0 Å². The zero-order chi connectivity index (χ0) is 10.4. The molecule has 2 aromatic rings. The number of nitrogens with zero attached hydrogens (tertiary/aromatic N) is 3. The Morgan fingerprint density at radius 3 is 3.00 bits per heavy atom. The first-order chi connectivity index (χ1) is 7.27. The normalized spacial score (nSPS) is 18.3. The number of aromatic nitrogens is 3. The first kappa shape index (κ1) is 9.16.